The first-order chi connectivity index (χ1) is 16.2. The van der Waals surface area contributed by atoms with Crippen LogP contribution in [0.2, 0.25) is 0 Å². The average Bonchev–Trinajstić information content (AvgIpc) is 3.28. The molecule has 2 saturated heterocycles. The van der Waals surface area contributed by atoms with Gasteiger partial charge in [0.1, 0.15) is 25.3 Å². The van der Waals surface area contributed by atoms with E-state index in [-0.39, 0.29) is 24.9 Å². The summed E-state index contributed by atoms with van der Waals surface area (Å²) in [4.78, 5) is 29.6. The fourth-order valence-electron chi connectivity index (χ4n) is 4.38. The van der Waals surface area contributed by atoms with Crippen molar-refractivity contribution in [2.75, 3.05) is 50.9 Å². The van der Waals surface area contributed by atoms with Crippen LogP contribution in [0.5, 0.6) is 0 Å². The maximum Gasteiger partial charge on any atom is 0.302 e. The predicted molar refractivity (Wildman–Crippen MR) is 121 cm³/mol. The molecular weight excluding hydrogens is 424 g/mol. The van der Waals surface area contributed by atoms with Crippen molar-refractivity contribution in [1.29, 1.82) is 0 Å². The van der Waals surface area contributed by atoms with Gasteiger partial charge >= 0.3 is 5.97 Å². The van der Waals surface area contributed by atoms with Gasteiger partial charge in [0, 0.05) is 39.6 Å². The van der Waals surface area contributed by atoms with Crippen molar-refractivity contribution in [1.82, 2.24) is 24.4 Å². The van der Waals surface area contributed by atoms with Gasteiger partial charge in [-0.25, -0.2) is 15.0 Å². The van der Waals surface area contributed by atoms with Crippen molar-refractivity contribution in [3.05, 3.63) is 48.5 Å². The highest BCUT2D eigenvalue weighted by atomic mass is 16.6. The first kappa shape index (κ1) is 21.7. The molecule has 0 bridgehead atoms. The van der Waals surface area contributed by atoms with E-state index in [9.17, 15) is 4.79 Å². The van der Waals surface area contributed by atoms with Crippen LogP contribution in [0, 0.1) is 0 Å². The molecule has 1 aromatic carbocycles. The SMILES string of the molecule is CC(=O)OC[C@@H]1CN(Cc2ccccc2)C[C@H](n2cnc3c(N4CCOCC4)ncnc32)O1. The monoisotopic (exact) mass is 452 g/mol. The highest BCUT2D eigenvalue weighted by molar-refractivity contribution is 5.83. The van der Waals surface area contributed by atoms with Crippen molar-refractivity contribution in [2.45, 2.75) is 25.8 Å². The van der Waals surface area contributed by atoms with Gasteiger partial charge in [-0.1, -0.05) is 30.3 Å². The number of ether oxygens (including phenoxy) is 3. The Morgan fingerprint density at radius 3 is 2.73 bits per heavy atom. The highest BCUT2D eigenvalue weighted by Gasteiger charge is 2.31. The normalized spacial score (nSPS) is 21.9. The van der Waals surface area contributed by atoms with E-state index in [0.29, 0.717) is 26.3 Å². The molecule has 0 amide bonds. The third-order valence-corrected chi connectivity index (χ3v) is 5.91. The number of carbonyl (C=O) groups is 1. The summed E-state index contributed by atoms with van der Waals surface area (Å²) in [6.07, 6.45) is 2.77. The lowest BCUT2D eigenvalue weighted by Gasteiger charge is -2.38. The van der Waals surface area contributed by atoms with Crippen LogP contribution in [0.4, 0.5) is 5.82 Å². The molecule has 0 aliphatic carbocycles. The Hall–Kier alpha value is -3.08. The number of hydrogen-bond acceptors (Lipinski definition) is 9. The summed E-state index contributed by atoms with van der Waals surface area (Å²) in [6.45, 7) is 6.61. The minimum atomic E-state index is -0.319. The second-order valence-electron chi connectivity index (χ2n) is 8.32. The summed E-state index contributed by atoms with van der Waals surface area (Å²) >= 11 is 0. The first-order valence-electron chi connectivity index (χ1n) is 11.2. The minimum absolute atomic E-state index is 0.206. The van der Waals surface area contributed by atoms with Crippen molar-refractivity contribution >= 4 is 23.0 Å². The van der Waals surface area contributed by atoms with Crippen molar-refractivity contribution in [3.8, 4) is 0 Å². The van der Waals surface area contributed by atoms with Gasteiger partial charge in [-0.15, -0.1) is 0 Å². The molecule has 0 radical (unpaired) electrons. The average molecular weight is 453 g/mol. The van der Waals surface area contributed by atoms with E-state index in [1.807, 2.05) is 22.8 Å². The largest absolute Gasteiger partial charge is 0.463 e. The molecular formula is C23H28N6O4. The Kier molecular flexibility index (Phi) is 6.47. The summed E-state index contributed by atoms with van der Waals surface area (Å²) < 4.78 is 19.1. The number of hydrogen-bond donors (Lipinski definition) is 0. The fraction of sp³-hybridized carbons (Fsp3) is 0.478. The number of esters is 1. The van der Waals surface area contributed by atoms with Crippen LogP contribution < -0.4 is 4.90 Å². The van der Waals surface area contributed by atoms with E-state index in [0.717, 1.165) is 36.6 Å². The number of aromatic nitrogens is 4. The maximum atomic E-state index is 11.4. The van der Waals surface area contributed by atoms with Gasteiger partial charge in [0.15, 0.2) is 17.0 Å². The molecule has 2 fully saturated rings. The van der Waals surface area contributed by atoms with Gasteiger partial charge in [0.25, 0.3) is 0 Å². The third kappa shape index (κ3) is 4.97. The zero-order chi connectivity index (χ0) is 22.6. The second kappa shape index (κ2) is 9.82. The molecule has 4 heterocycles. The molecule has 0 saturated carbocycles. The number of carbonyl (C=O) groups excluding carboxylic acids is 1. The molecule has 0 unspecified atom stereocenters. The molecule has 2 aromatic heterocycles. The Balaban J connectivity index is 1.41. The van der Waals surface area contributed by atoms with Crippen LogP contribution in [-0.2, 0) is 25.5 Å². The van der Waals surface area contributed by atoms with E-state index < -0.39 is 0 Å². The molecule has 10 heteroatoms. The summed E-state index contributed by atoms with van der Waals surface area (Å²) in [5, 5.41) is 0. The van der Waals surface area contributed by atoms with Gasteiger partial charge in [-0.3, -0.25) is 14.3 Å². The van der Waals surface area contributed by atoms with E-state index in [2.05, 4.69) is 36.9 Å². The van der Waals surface area contributed by atoms with E-state index in [4.69, 9.17) is 14.2 Å². The van der Waals surface area contributed by atoms with Crippen LogP contribution >= 0.6 is 0 Å². The van der Waals surface area contributed by atoms with Gasteiger partial charge in [-0.05, 0) is 5.56 Å². The quantitative estimate of drug-likeness (QED) is 0.517. The number of benzene rings is 1. The molecule has 5 rings (SSSR count). The summed E-state index contributed by atoms with van der Waals surface area (Å²) in [5.74, 6) is 0.502. The van der Waals surface area contributed by atoms with Gasteiger partial charge < -0.3 is 19.1 Å². The maximum absolute atomic E-state index is 11.4. The van der Waals surface area contributed by atoms with Gasteiger partial charge in [0.05, 0.1) is 19.5 Å². The lowest BCUT2D eigenvalue weighted by Crippen LogP contribution is -2.47. The number of morpholine rings is 2. The zero-order valence-corrected chi connectivity index (χ0v) is 18.7. The molecule has 2 atom stereocenters. The van der Waals surface area contributed by atoms with E-state index >= 15 is 0 Å². The molecule has 10 nitrogen and oxygen atoms in total. The summed E-state index contributed by atoms with van der Waals surface area (Å²) in [6, 6.07) is 10.3. The molecule has 174 valence electrons. The standard InChI is InChI=1S/C23H28N6O4/c1-17(30)32-14-19-12-27(11-18-5-3-2-4-6-18)13-20(33-19)29-16-26-21-22(24-15-25-23(21)29)28-7-9-31-10-8-28/h2-6,15-16,19-20H,7-14H2,1H3/t19-,20+/m0/s1. The number of nitrogens with zero attached hydrogens (tertiary/aromatic N) is 6. The second-order valence-corrected chi connectivity index (χ2v) is 8.32. The van der Waals surface area contributed by atoms with Crippen LogP contribution in [0.3, 0.4) is 0 Å². The fourth-order valence-corrected chi connectivity index (χ4v) is 4.38. The van der Waals surface area contributed by atoms with Crippen LogP contribution in [0.1, 0.15) is 18.7 Å². The van der Waals surface area contributed by atoms with Crippen molar-refractivity contribution in [3.63, 3.8) is 0 Å². The topological polar surface area (TPSA) is 94.8 Å². The smallest absolute Gasteiger partial charge is 0.302 e. The number of anilines is 1. The van der Waals surface area contributed by atoms with Crippen molar-refractivity contribution in [2.24, 2.45) is 0 Å². The molecule has 2 aliphatic heterocycles. The van der Waals surface area contributed by atoms with Gasteiger partial charge in [-0.2, -0.15) is 0 Å². The number of fused-ring (bicyclic) bond motifs is 1. The Morgan fingerprint density at radius 2 is 1.94 bits per heavy atom. The van der Waals surface area contributed by atoms with Gasteiger partial charge in [0.2, 0.25) is 0 Å². The Labute approximate surface area is 192 Å². The number of rotatable bonds is 6. The molecule has 0 spiro atoms. The summed E-state index contributed by atoms with van der Waals surface area (Å²) in [7, 11) is 0. The van der Waals surface area contributed by atoms with Crippen LogP contribution in [0.25, 0.3) is 11.2 Å². The first-order valence-corrected chi connectivity index (χ1v) is 11.2. The molecule has 33 heavy (non-hydrogen) atoms. The lowest BCUT2D eigenvalue weighted by atomic mass is 10.2. The Bertz CT molecular complexity index is 1090. The Morgan fingerprint density at radius 1 is 1.12 bits per heavy atom. The molecule has 3 aromatic rings. The predicted octanol–water partition coefficient (Wildman–Crippen LogP) is 1.63. The molecule has 2 aliphatic rings. The van der Waals surface area contributed by atoms with Crippen molar-refractivity contribution < 1.29 is 19.0 Å². The van der Waals surface area contributed by atoms with Crippen LogP contribution in [-0.4, -0.2) is 82.5 Å². The minimum Gasteiger partial charge on any atom is -0.463 e. The van der Waals surface area contributed by atoms with E-state index in [1.165, 1.54) is 12.5 Å². The van der Waals surface area contributed by atoms with Crippen LogP contribution in [0.15, 0.2) is 43.0 Å². The zero-order valence-electron chi connectivity index (χ0n) is 18.7. The lowest BCUT2D eigenvalue weighted by molar-refractivity contribution is -0.162. The molecule has 0 N–H and O–H groups in total. The third-order valence-electron chi connectivity index (χ3n) is 5.91. The van der Waals surface area contributed by atoms with E-state index in [1.54, 1.807) is 12.7 Å². The summed E-state index contributed by atoms with van der Waals surface area (Å²) in [5.41, 5.74) is 2.70. The number of imidazole rings is 1. The highest BCUT2D eigenvalue weighted by Crippen LogP contribution is 2.28.